The molecule has 0 radical (unpaired) electrons. The quantitative estimate of drug-likeness (QED) is 0.581. The zero-order valence-electron chi connectivity index (χ0n) is 10.4. The molecule has 2 fully saturated rings. The molecular formula is C12H20N2O2S. The average Bonchev–Trinajstić information content (AvgIpc) is 2.66. The van der Waals surface area contributed by atoms with Gasteiger partial charge in [-0.2, -0.15) is 11.8 Å². The molecule has 2 rings (SSSR count). The van der Waals surface area contributed by atoms with Crippen molar-refractivity contribution in [2.75, 3.05) is 5.75 Å². The minimum atomic E-state index is -0.0764. The van der Waals surface area contributed by atoms with Crippen molar-refractivity contribution < 1.29 is 9.59 Å². The Balaban J connectivity index is 1.79. The Labute approximate surface area is 106 Å². The third kappa shape index (κ3) is 2.76. The highest BCUT2D eigenvalue weighted by Crippen LogP contribution is 2.39. The Kier molecular flexibility index (Phi) is 3.66. The van der Waals surface area contributed by atoms with E-state index in [1.165, 1.54) is 0 Å². The standard InChI is InChI=1S/C12H20N2O2S/c1-8(15)5-3-4-6-9-10-12(2,7-17-9)14-11(16)13-10/h9-10H,3-7H2,1-2H3,(H2,13,14,16)/t9-,10?,12?/m0/s1. The first kappa shape index (κ1) is 12.7. The van der Waals surface area contributed by atoms with Gasteiger partial charge in [-0.1, -0.05) is 6.42 Å². The number of rotatable bonds is 5. The van der Waals surface area contributed by atoms with Crippen molar-refractivity contribution in [1.29, 1.82) is 0 Å². The summed E-state index contributed by atoms with van der Waals surface area (Å²) < 4.78 is 0. The molecule has 2 aliphatic rings. The van der Waals surface area contributed by atoms with E-state index in [9.17, 15) is 9.59 Å². The van der Waals surface area contributed by atoms with Crippen LogP contribution in [0.3, 0.4) is 0 Å². The van der Waals surface area contributed by atoms with Crippen LogP contribution in [0, 0.1) is 0 Å². The van der Waals surface area contributed by atoms with Crippen LogP contribution in [0.25, 0.3) is 0 Å². The van der Waals surface area contributed by atoms with Crippen molar-refractivity contribution in [3.63, 3.8) is 0 Å². The fraction of sp³-hybridized carbons (Fsp3) is 0.833. The van der Waals surface area contributed by atoms with Crippen LogP contribution in [0.1, 0.15) is 39.5 Å². The zero-order chi connectivity index (χ0) is 12.5. The van der Waals surface area contributed by atoms with Gasteiger partial charge < -0.3 is 15.4 Å². The van der Waals surface area contributed by atoms with E-state index in [0.717, 1.165) is 25.0 Å². The summed E-state index contributed by atoms with van der Waals surface area (Å²) in [6.45, 7) is 3.75. The Morgan fingerprint density at radius 1 is 1.53 bits per heavy atom. The Morgan fingerprint density at radius 3 is 3.00 bits per heavy atom. The SMILES string of the molecule is CC(=O)CCCC[C@@H]1SCC2(C)NC(=O)NC12. The van der Waals surface area contributed by atoms with Gasteiger partial charge in [-0.15, -0.1) is 0 Å². The molecule has 2 amide bonds. The second-order valence-electron chi connectivity index (χ2n) is 5.29. The highest BCUT2D eigenvalue weighted by atomic mass is 32.2. The first-order valence-electron chi connectivity index (χ1n) is 6.21. The number of nitrogens with one attached hydrogen (secondary N) is 2. The molecule has 17 heavy (non-hydrogen) atoms. The second kappa shape index (κ2) is 4.88. The second-order valence-corrected chi connectivity index (χ2v) is 6.52. The number of amides is 2. The van der Waals surface area contributed by atoms with Crippen LogP contribution in [0.4, 0.5) is 4.79 Å². The molecule has 2 saturated heterocycles. The minimum absolute atomic E-state index is 0.0356. The summed E-state index contributed by atoms with van der Waals surface area (Å²) in [5, 5.41) is 6.52. The summed E-state index contributed by atoms with van der Waals surface area (Å²) in [6, 6.07) is 0.212. The first-order valence-corrected chi connectivity index (χ1v) is 7.26. The van der Waals surface area contributed by atoms with Gasteiger partial charge in [0.05, 0.1) is 11.6 Å². The average molecular weight is 256 g/mol. The monoisotopic (exact) mass is 256 g/mol. The molecule has 0 aromatic carbocycles. The number of unbranched alkanes of at least 4 members (excludes halogenated alkanes) is 1. The van der Waals surface area contributed by atoms with Crippen LogP contribution >= 0.6 is 11.8 Å². The molecule has 96 valence electrons. The first-order chi connectivity index (χ1) is 8.01. The lowest BCUT2D eigenvalue weighted by atomic mass is 9.92. The van der Waals surface area contributed by atoms with Gasteiger partial charge in [0.15, 0.2) is 0 Å². The van der Waals surface area contributed by atoms with E-state index >= 15 is 0 Å². The topological polar surface area (TPSA) is 58.2 Å². The predicted molar refractivity (Wildman–Crippen MR) is 69.3 cm³/mol. The van der Waals surface area contributed by atoms with Gasteiger partial charge in [0.25, 0.3) is 0 Å². The maximum Gasteiger partial charge on any atom is 0.315 e. The lowest BCUT2D eigenvalue weighted by Crippen LogP contribution is -2.47. The number of hydrogen-bond donors (Lipinski definition) is 2. The Bertz CT molecular complexity index is 334. The van der Waals surface area contributed by atoms with Gasteiger partial charge in [0, 0.05) is 17.4 Å². The van der Waals surface area contributed by atoms with Crippen molar-refractivity contribution in [2.24, 2.45) is 0 Å². The lowest BCUT2D eigenvalue weighted by Gasteiger charge is -2.23. The number of fused-ring (bicyclic) bond motifs is 1. The van der Waals surface area contributed by atoms with Crippen molar-refractivity contribution in [3.8, 4) is 0 Å². The van der Waals surface area contributed by atoms with Crippen LogP contribution in [-0.2, 0) is 4.79 Å². The summed E-state index contributed by atoms with van der Waals surface area (Å²) >= 11 is 1.93. The molecule has 2 heterocycles. The van der Waals surface area contributed by atoms with E-state index in [4.69, 9.17) is 0 Å². The summed E-state index contributed by atoms with van der Waals surface area (Å²) in [5.41, 5.74) is -0.0764. The molecule has 5 heteroatoms. The molecule has 2 N–H and O–H groups in total. The molecule has 3 atom stereocenters. The molecule has 0 aliphatic carbocycles. The molecule has 2 aliphatic heterocycles. The zero-order valence-corrected chi connectivity index (χ0v) is 11.2. The maximum absolute atomic E-state index is 11.4. The van der Waals surface area contributed by atoms with Crippen LogP contribution in [0.15, 0.2) is 0 Å². The van der Waals surface area contributed by atoms with Crippen molar-refractivity contribution in [1.82, 2.24) is 10.6 Å². The number of ketones is 1. The number of carbonyl (C=O) groups excluding carboxylic acids is 2. The van der Waals surface area contributed by atoms with Crippen molar-refractivity contribution >= 4 is 23.6 Å². The molecule has 0 aromatic rings. The largest absolute Gasteiger partial charge is 0.332 e. The fourth-order valence-electron chi connectivity index (χ4n) is 2.65. The van der Waals surface area contributed by atoms with E-state index in [-0.39, 0.29) is 23.4 Å². The summed E-state index contributed by atoms with van der Waals surface area (Å²) in [5.74, 6) is 1.25. The number of carbonyl (C=O) groups is 2. The van der Waals surface area contributed by atoms with E-state index in [0.29, 0.717) is 11.7 Å². The Hall–Kier alpha value is -0.710. The van der Waals surface area contributed by atoms with Gasteiger partial charge in [-0.05, 0) is 26.7 Å². The smallest absolute Gasteiger partial charge is 0.315 e. The normalized spacial score (nSPS) is 35.3. The molecular weight excluding hydrogens is 236 g/mol. The summed E-state index contributed by atoms with van der Waals surface area (Å²) in [4.78, 5) is 22.2. The van der Waals surface area contributed by atoms with E-state index in [2.05, 4.69) is 17.6 Å². The highest BCUT2D eigenvalue weighted by molar-refractivity contribution is 8.00. The number of thioether (sulfide) groups is 1. The Morgan fingerprint density at radius 2 is 2.29 bits per heavy atom. The van der Waals surface area contributed by atoms with Crippen molar-refractivity contribution in [2.45, 2.75) is 56.4 Å². The van der Waals surface area contributed by atoms with Gasteiger partial charge in [0.1, 0.15) is 5.78 Å². The third-order valence-electron chi connectivity index (χ3n) is 3.61. The molecule has 0 bridgehead atoms. The molecule has 2 unspecified atom stereocenters. The highest BCUT2D eigenvalue weighted by Gasteiger charge is 2.51. The van der Waals surface area contributed by atoms with Gasteiger partial charge >= 0.3 is 6.03 Å². The number of hydrogen-bond acceptors (Lipinski definition) is 3. The minimum Gasteiger partial charge on any atom is -0.332 e. The summed E-state index contributed by atoms with van der Waals surface area (Å²) in [6.07, 6.45) is 3.81. The molecule has 4 nitrogen and oxygen atoms in total. The van der Waals surface area contributed by atoms with Crippen LogP contribution in [0.5, 0.6) is 0 Å². The van der Waals surface area contributed by atoms with Gasteiger partial charge in [0.2, 0.25) is 0 Å². The third-order valence-corrected chi connectivity index (χ3v) is 5.31. The number of urea groups is 1. The van der Waals surface area contributed by atoms with Crippen LogP contribution in [0.2, 0.25) is 0 Å². The fourth-order valence-corrected chi connectivity index (χ4v) is 4.35. The van der Waals surface area contributed by atoms with Gasteiger partial charge in [-0.3, -0.25) is 0 Å². The number of Topliss-reactive ketones (excluding diaryl/α,β-unsaturated/α-hetero) is 1. The van der Waals surface area contributed by atoms with E-state index < -0.39 is 0 Å². The summed E-state index contributed by atoms with van der Waals surface area (Å²) in [7, 11) is 0. The molecule has 0 spiro atoms. The van der Waals surface area contributed by atoms with E-state index in [1.54, 1.807) is 6.92 Å². The maximum atomic E-state index is 11.4. The van der Waals surface area contributed by atoms with Gasteiger partial charge in [-0.25, -0.2) is 4.79 Å². The van der Waals surface area contributed by atoms with Crippen molar-refractivity contribution in [3.05, 3.63) is 0 Å². The lowest BCUT2D eigenvalue weighted by molar-refractivity contribution is -0.117. The molecule has 0 saturated carbocycles. The van der Waals surface area contributed by atoms with Crippen LogP contribution < -0.4 is 10.6 Å². The predicted octanol–water partition coefficient (Wildman–Crippen LogP) is 1.69. The van der Waals surface area contributed by atoms with Crippen LogP contribution in [-0.4, -0.2) is 34.4 Å². The molecule has 0 aromatic heterocycles. The van der Waals surface area contributed by atoms with E-state index in [1.807, 2.05) is 11.8 Å².